The average molecular weight is 246 g/mol. The standard InChI is InChI=1S/C15H15FO2/c1-10-3-4-12(9-14(10)18-2)15(17)11-5-7-13(16)8-6-11/h3-9,15,17H,1-2H3. The molecule has 2 aromatic carbocycles. The van der Waals surface area contributed by atoms with E-state index in [1.54, 1.807) is 25.3 Å². The number of aryl methyl sites for hydroxylation is 1. The van der Waals surface area contributed by atoms with Gasteiger partial charge in [0.2, 0.25) is 0 Å². The van der Waals surface area contributed by atoms with Crippen LogP contribution in [0.15, 0.2) is 42.5 Å². The molecular formula is C15H15FO2. The highest BCUT2D eigenvalue weighted by Gasteiger charge is 2.12. The molecule has 0 aliphatic rings. The molecule has 1 N–H and O–H groups in total. The van der Waals surface area contributed by atoms with Crippen molar-refractivity contribution < 1.29 is 14.2 Å². The zero-order chi connectivity index (χ0) is 13.1. The minimum atomic E-state index is -0.778. The van der Waals surface area contributed by atoms with E-state index >= 15 is 0 Å². The van der Waals surface area contributed by atoms with E-state index in [0.717, 1.165) is 16.9 Å². The van der Waals surface area contributed by atoms with Gasteiger partial charge in [0, 0.05) is 0 Å². The molecule has 0 amide bonds. The van der Waals surface area contributed by atoms with Crippen LogP contribution in [0.5, 0.6) is 5.75 Å². The molecule has 0 aliphatic heterocycles. The summed E-state index contributed by atoms with van der Waals surface area (Å²) in [6.45, 7) is 1.94. The third-order valence-electron chi connectivity index (χ3n) is 2.93. The van der Waals surface area contributed by atoms with Gasteiger partial charge < -0.3 is 9.84 Å². The number of benzene rings is 2. The van der Waals surface area contributed by atoms with E-state index in [-0.39, 0.29) is 5.82 Å². The van der Waals surface area contributed by atoms with Crippen LogP contribution in [0.2, 0.25) is 0 Å². The van der Waals surface area contributed by atoms with Gasteiger partial charge in [0.25, 0.3) is 0 Å². The minimum absolute atomic E-state index is 0.313. The highest BCUT2D eigenvalue weighted by molar-refractivity contribution is 5.40. The Bertz CT molecular complexity index is 535. The van der Waals surface area contributed by atoms with E-state index in [1.807, 2.05) is 19.1 Å². The Balaban J connectivity index is 2.33. The third kappa shape index (κ3) is 2.51. The highest BCUT2D eigenvalue weighted by atomic mass is 19.1. The summed E-state index contributed by atoms with van der Waals surface area (Å²) in [7, 11) is 1.59. The van der Waals surface area contributed by atoms with E-state index in [2.05, 4.69) is 0 Å². The van der Waals surface area contributed by atoms with Crippen LogP contribution in [0, 0.1) is 12.7 Å². The molecule has 0 saturated carbocycles. The molecular weight excluding hydrogens is 231 g/mol. The Hall–Kier alpha value is -1.87. The van der Waals surface area contributed by atoms with Crippen molar-refractivity contribution in [1.29, 1.82) is 0 Å². The second-order valence-electron chi connectivity index (χ2n) is 4.18. The van der Waals surface area contributed by atoms with Gasteiger partial charge >= 0.3 is 0 Å². The fourth-order valence-electron chi connectivity index (χ4n) is 1.84. The Morgan fingerprint density at radius 1 is 1.06 bits per heavy atom. The summed E-state index contributed by atoms with van der Waals surface area (Å²) in [5, 5.41) is 10.2. The van der Waals surface area contributed by atoms with Gasteiger partial charge in [-0.15, -0.1) is 0 Å². The Kier molecular flexibility index (Phi) is 3.63. The van der Waals surface area contributed by atoms with Gasteiger partial charge in [-0.05, 0) is 41.8 Å². The first kappa shape index (κ1) is 12.6. The average Bonchev–Trinajstić information content (AvgIpc) is 2.39. The van der Waals surface area contributed by atoms with Gasteiger partial charge in [-0.1, -0.05) is 24.3 Å². The predicted octanol–water partition coefficient (Wildman–Crippen LogP) is 3.22. The Morgan fingerprint density at radius 3 is 2.28 bits per heavy atom. The molecule has 0 aromatic heterocycles. The largest absolute Gasteiger partial charge is 0.496 e. The maximum absolute atomic E-state index is 12.8. The molecule has 2 aromatic rings. The van der Waals surface area contributed by atoms with E-state index in [4.69, 9.17) is 4.74 Å². The summed E-state index contributed by atoms with van der Waals surface area (Å²) in [4.78, 5) is 0. The van der Waals surface area contributed by atoms with Crippen LogP contribution in [0.1, 0.15) is 22.8 Å². The molecule has 0 heterocycles. The number of methoxy groups -OCH3 is 1. The fourth-order valence-corrected chi connectivity index (χ4v) is 1.84. The minimum Gasteiger partial charge on any atom is -0.496 e. The lowest BCUT2D eigenvalue weighted by molar-refractivity contribution is 0.219. The summed E-state index contributed by atoms with van der Waals surface area (Å²) in [5.74, 6) is 0.418. The van der Waals surface area contributed by atoms with Crippen molar-refractivity contribution in [2.24, 2.45) is 0 Å². The van der Waals surface area contributed by atoms with Gasteiger partial charge in [0.15, 0.2) is 0 Å². The molecule has 1 unspecified atom stereocenters. The van der Waals surface area contributed by atoms with Crippen molar-refractivity contribution >= 4 is 0 Å². The molecule has 1 atom stereocenters. The van der Waals surface area contributed by atoms with Gasteiger partial charge in [-0.2, -0.15) is 0 Å². The SMILES string of the molecule is COc1cc(C(O)c2ccc(F)cc2)ccc1C. The maximum Gasteiger partial charge on any atom is 0.123 e. The maximum atomic E-state index is 12.8. The summed E-state index contributed by atoms with van der Waals surface area (Å²) in [5.41, 5.74) is 2.39. The van der Waals surface area contributed by atoms with Crippen LogP contribution >= 0.6 is 0 Å². The van der Waals surface area contributed by atoms with Crippen molar-refractivity contribution in [3.05, 3.63) is 65.0 Å². The molecule has 0 radical (unpaired) electrons. The Labute approximate surface area is 106 Å². The van der Waals surface area contributed by atoms with Crippen molar-refractivity contribution in [3.63, 3.8) is 0 Å². The van der Waals surface area contributed by atoms with Crippen LogP contribution in [0.4, 0.5) is 4.39 Å². The zero-order valence-electron chi connectivity index (χ0n) is 10.4. The first-order valence-electron chi connectivity index (χ1n) is 5.70. The number of ether oxygens (including phenoxy) is 1. The number of rotatable bonds is 3. The van der Waals surface area contributed by atoms with Crippen LogP contribution in [-0.2, 0) is 0 Å². The van der Waals surface area contributed by atoms with Crippen LogP contribution in [0.3, 0.4) is 0 Å². The first-order valence-corrected chi connectivity index (χ1v) is 5.70. The van der Waals surface area contributed by atoms with Crippen LogP contribution < -0.4 is 4.74 Å². The van der Waals surface area contributed by atoms with Gasteiger partial charge in [-0.3, -0.25) is 0 Å². The lowest BCUT2D eigenvalue weighted by Gasteiger charge is -2.13. The van der Waals surface area contributed by atoms with Gasteiger partial charge in [-0.25, -0.2) is 4.39 Å². The number of aliphatic hydroxyl groups is 1. The normalized spacial score (nSPS) is 12.2. The molecule has 0 saturated heterocycles. The van der Waals surface area contributed by atoms with Crippen molar-refractivity contribution in [3.8, 4) is 5.75 Å². The molecule has 2 rings (SSSR count). The lowest BCUT2D eigenvalue weighted by atomic mass is 10.00. The molecule has 94 valence electrons. The van der Waals surface area contributed by atoms with Crippen LogP contribution in [0.25, 0.3) is 0 Å². The van der Waals surface area contributed by atoms with Crippen molar-refractivity contribution in [1.82, 2.24) is 0 Å². The van der Waals surface area contributed by atoms with E-state index in [0.29, 0.717) is 5.56 Å². The number of aliphatic hydroxyl groups excluding tert-OH is 1. The predicted molar refractivity (Wildman–Crippen MR) is 68.2 cm³/mol. The first-order chi connectivity index (χ1) is 8.61. The number of hydrogen-bond donors (Lipinski definition) is 1. The zero-order valence-corrected chi connectivity index (χ0v) is 10.4. The number of halogens is 1. The molecule has 2 nitrogen and oxygen atoms in total. The lowest BCUT2D eigenvalue weighted by Crippen LogP contribution is -2.00. The quantitative estimate of drug-likeness (QED) is 0.901. The second kappa shape index (κ2) is 5.19. The second-order valence-corrected chi connectivity index (χ2v) is 4.18. The monoisotopic (exact) mass is 246 g/mol. The summed E-state index contributed by atoms with van der Waals surface area (Å²) in [6.07, 6.45) is -0.778. The number of hydrogen-bond acceptors (Lipinski definition) is 2. The van der Waals surface area contributed by atoms with E-state index < -0.39 is 6.10 Å². The van der Waals surface area contributed by atoms with E-state index in [1.165, 1.54) is 12.1 Å². The molecule has 18 heavy (non-hydrogen) atoms. The molecule has 0 aliphatic carbocycles. The molecule has 0 spiro atoms. The highest BCUT2D eigenvalue weighted by Crippen LogP contribution is 2.27. The summed E-state index contributed by atoms with van der Waals surface area (Å²) in [6, 6.07) is 11.3. The molecule has 3 heteroatoms. The third-order valence-corrected chi connectivity index (χ3v) is 2.93. The van der Waals surface area contributed by atoms with Crippen molar-refractivity contribution in [2.45, 2.75) is 13.0 Å². The van der Waals surface area contributed by atoms with Crippen LogP contribution in [-0.4, -0.2) is 12.2 Å². The topological polar surface area (TPSA) is 29.5 Å². The van der Waals surface area contributed by atoms with Gasteiger partial charge in [0.05, 0.1) is 7.11 Å². The fraction of sp³-hybridized carbons (Fsp3) is 0.200. The molecule has 0 bridgehead atoms. The Morgan fingerprint density at radius 2 is 1.67 bits per heavy atom. The summed E-state index contributed by atoms with van der Waals surface area (Å²) >= 11 is 0. The van der Waals surface area contributed by atoms with Crippen molar-refractivity contribution in [2.75, 3.05) is 7.11 Å². The summed E-state index contributed by atoms with van der Waals surface area (Å²) < 4.78 is 18.0. The van der Waals surface area contributed by atoms with E-state index in [9.17, 15) is 9.50 Å². The smallest absolute Gasteiger partial charge is 0.123 e. The molecule has 0 fully saturated rings. The van der Waals surface area contributed by atoms with Gasteiger partial charge in [0.1, 0.15) is 17.7 Å².